The number of aryl methyl sites for hydroxylation is 1. The molecule has 4 rings (SSSR count). The molecule has 1 N–H and O–H groups in total. The summed E-state index contributed by atoms with van der Waals surface area (Å²) in [5.74, 6) is 1.00. The summed E-state index contributed by atoms with van der Waals surface area (Å²) in [5.41, 5.74) is 4.16. The smallest absolute Gasteiger partial charge is 0.265 e. The van der Waals surface area contributed by atoms with Gasteiger partial charge in [0, 0.05) is 16.8 Å². The Hall–Kier alpha value is -3.47. The van der Waals surface area contributed by atoms with Gasteiger partial charge in [0.05, 0.1) is 12.8 Å². The van der Waals surface area contributed by atoms with Crippen molar-refractivity contribution in [2.75, 3.05) is 12.4 Å². The zero-order valence-corrected chi connectivity index (χ0v) is 16.9. The summed E-state index contributed by atoms with van der Waals surface area (Å²) in [5, 5.41) is 4.85. The van der Waals surface area contributed by atoms with Gasteiger partial charge in [-0.3, -0.25) is 4.79 Å². The van der Waals surface area contributed by atoms with Crippen LogP contribution in [0.2, 0.25) is 0 Å². The first kappa shape index (κ1) is 18.9. The number of methoxy groups -OCH3 is 1. The number of furan rings is 1. The lowest BCUT2D eigenvalue weighted by molar-refractivity contribution is -0.122. The third kappa shape index (κ3) is 3.51. The van der Waals surface area contributed by atoms with Crippen molar-refractivity contribution < 1.29 is 18.7 Å². The Balaban J connectivity index is 1.61. The quantitative estimate of drug-likeness (QED) is 0.481. The van der Waals surface area contributed by atoms with E-state index in [1.165, 1.54) is 0 Å². The number of benzene rings is 3. The number of hydrogen-bond acceptors (Lipinski definition) is 4. The minimum Gasteiger partial charge on any atom is -0.495 e. The Labute approximate surface area is 169 Å². The van der Waals surface area contributed by atoms with Crippen LogP contribution in [0.4, 0.5) is 5.69 Å². The molecule has 1 amide bonds. The van der Waals surface area contributed by atoms with E-state index < -0.39 is 6.10 Å². The third-order valence-electron chi connectivity index (χ3n) is 5.18. The van der Waals surface area contributed by atoms with Crippen LogP contribution in [0.5, 0.6) is 11.5 Å². The highest BCUT2D eigenvalue weighted by molar-refractivity contribution is 6.08. The first-order valence-electron chi connectivity index (χ1n) is 9.51. The molecule has 0 spiro atoms. The van der Waals surface area contributed by atoms with Gasteiger partial charge in [0.25, 0.3) is 5.91 Å². The molecule has 5 nitrogen and oxygen atoms in total. The average molecular weight is 389 g/mol. The molecule has 0 aliphatic heterocycles. The highest BCUT2D eigenvalue weighted by Gasteiger charge is 2.19. The number of rotatable bonds is 5. The van der Waals surface area contributed by atoms with E-state index in [-0.39, 0.29) is 5.91 Å². The summed E-state index contributed by atoms with van der Waals surface area (Å²) >= 11 is 0. The number of carbonyl (C=O) groups is 1. The normalized spacial score (nSPS) is 12.1. The standard InChI is InChI=1S/C24H23NO4/c1-14-8-7-11-20(15(14)2)28-16(3)24(26)25-19-13-22-18(12-23(19)27-4)17-9-5-6-10-21(17)29-22/h5-13,16H,1-4H3,(H,25,26)/t16-/m1/s1. The summed E-state index contributed by atoms with van der Waals surface area (Å²) in [6, 6.07) is 17.3. The monoisotopic (exact) mass is 389 g/mol. The maximum absolute atomic E-state index is 12.8. The minimum absolute atomic E-state index is 0.264. The van der Waals surface area contributed by atoms with E-state index in [9.17, 15) is 4.79 Å². The lowest BCUT2D eigenvalue weighted by Gasteiger charge is -2.18. The van der Waals surface area contributed by atoms with Gasteiger partial charge >= 0.3 is 0 Å². The maximum atomic E-state index is 12.8. The van der Waals surface area contributed by atoms with Gasteiger partial charge in [-0.05, 0) is 50.1 Å². The molecular formula is C24H23NO4. The number of hydrogen-bond donors (Lipinski definition) is 1. The second kappa shape index (κ2) is 7.51. The van der Waals surface area contributed by atoms with Crippen LogP contribution in [0.3, 0.4) is 0 Å². The number of nitrogens with one attached hydrogen (secondary N) is 1. The molecule has 1 aromatic heterocycles. The van der Waals surface area contributed by atoms with Crippen LogP contribution < -0.4 is 14.8 Å². The van der Waals surface area contributed by atoms with Crippen molar-refractivity contribution in [2.45, 2.75) is 26.9 Å². The van der Waals surface area contributed by atoms with Crippen molar-refractivity contribution in [1.82, 2.24) is 0 Å². The van der Waals surface area contributed by atoms with Crippen molar-refractivity contribution in [1.29, 1.82) is 0 Å². The summed E-state index contributed by atoms with van der Waals surface area (Å²) in [6.45, 7) is 5.72. The molecule has 5 heteroatoms. The number of anilines is 1. The Morgan fingerprint density at radius 3 is 2.55 bits per heavy atom. The molecular weight excluding hydrogens is 366 g/mol. The molecule has 148 valence electrons. The van der Waals surface area contributed by atoms with Crippen molar-refractivity contribution in [2.24, 2.45) is 0 Å². The topological polar surface area (TPSA) is 60.7 Å². The number of para-hydroxylation sites is 1. The maximum Gasteiger partial charge on any atom is 0.265 e. The second-order valence-corrected chi connectivity index (χ2v) is 7.09. The fraction of sp³-hybridized carbons (Fsp3) is 0.208. The van der Waals surface area contributed by atoms with E-state index in [0.717, 1.165) is 27.5 Å². The average Bonchev–Trinajstić information content (AvgIpc) is 3.08. The SMILES string of the molecule is COc1cc2c(cc1NC(=O)[C@@H](C)Oc1cccc(C)c1C)oc1ccccc12. The van der Waals surface area contributed by atoms with Crippen molar-refractivity contribution in [3.05, 3.63) is 65.7 Å². The van der Waals surface area contributed by atoms with E-state index in [1.807, 2.05) is 62.4 Å². The Morgan fingerprint density at radius 1 is 0.966 bits per heavy atom. The zero-order valence-electron chi connectivity index (χ0n) is 16.9. The molecule has 1 atom stereocenters. The molecule has 0 radical (unpaired) electrons. The van der Waals surface area contributed by atoms with Gasteiger partial charge in [-0.1, -0.05) is 30.3 Å². The van der Waals surface area contributed by atoms with Gasteiger partial charge < -0.3 is 19.2 Å². The molecule has 0 saturated carbocycles. The first-order valence-corrected chi connectivity index (χ1v) is 9.51. The van der Waals surface area contributed by atoms with Crippen LogP contribution in [-0.2, 0) is 4.79 Å². The van der Waals surface area contributed by atoms with Crippen molar-refractivity contribution in [3.63, 3.8) is 0 Å². The van der Waals surface area contributed by atoms with Gasteiger partial charge in [-0.25, -0.2) is 0 Å². The first-order chi connectivity index (χ1) is 14.0. The van der Waals surface area contributed by atoms with Crippen molar-refractivity contribution in [3.8, 4) is 11.5 Å². The third-order valence-corrected chi connectivity index (χ3v) is 5.18. The van der Waals surface area contributed by atoms with Gasteiger partial charge in [-0.2, -0.15) is 0 Å². The van der Waals surface area contributed by atoms with Crippen LogP contribution in [0.15, 0.2) is 59.0 Å². The van der Waals surface area contributed by atoms with Gasteiger partial charge in [-0.15, -0.1) is 0 Å². The lowest BCUT2D eigenvalue weighted by Crippen LogP contribution is -2.30. The fourth-order valence-electron chi connectivity index (χ4n) is 3.35. The van der Waals surface area contributed by atoms with E-state index >= 15 is 0 Å². The molecule has 1 heterocycles. The van der Waals surface area contributed by atoms with Crippen LogP contribution >= 0.6 is 0 Å². The molecule has 4 aromatic rings. The molecule has 0 unspecified atom stereocenters. The molecule has 0 aliphatic carbocycles. The van der Waals surface area contributed by atoms with Crippen LogP contribution in [-0.4, -0.2) is 19.1 Å². The van der Waals surface area contributed by atoms with Gasteiger partial charge in [0.1, 0.15) is 22.7 Å². The molecule has 29 heavy (non-hydrogen) atoms. The Kier molecular flexibility index (Phi) is 4.89. The largest absolute Gasteiger partial charge is 0.495 e. The highest BCUT2D eigenvalue weighted by Crippen LogP contribution is 2.36. The highest BCUT2D eigenvalue weighted by atomic mass is 16.5. The zero-order chi connectivity index (χ0) is 20.5. The van der Waals surface area contributed by atoms with Crippen LogP contribution in [0, 0.1) is 13.8 Å². The Morgan fingerprint density at radius 2 is 1.76 bits per heavy atom. The number of ether oxygens (including phenoxy) is 2. The number of carbonyl (C=O) groups excluding carboxylic acids is 1. The van der Waals surface area contributed by atoms with E-state index in [1.54, 1.807) is 20.1 Å². The van der Waals surface area contributed by atoms with Crippen LogP contribution in [0.25, 0.3) is 21.9 Å². The fourth-order valence-corrected chi connectivity index (χ4v) is 3.35. The predicted molar refractivity (Wildman–Crippen MR) is 115 cm³/mol. The van der Waals surface area contributed by atoms with Crippen molar-refractivity contribution >= 4 is 33.5 Å². The van der Waals surface area contributed by atoms with Gasteiger partial charge in [0.15, 0.2) is 6.10 Å². The molecule has 0 aliphatic rings. The van der Waals surface area contributed by atoms with E-state index in [4.69, 9.17) is 13.9 Å². The second-order valence-electron chi connectivity index (χ2n) is 7.09. The van der Waals surface area contributed by atoms with Crippen LogP contribution in [0.1, 0.15) is 18.1 Å². The number of amides is 1. The molecule has 3 aromatic carbocycles. The summed E-state index contributed by atoms with van der Waals surface area (Å²) in [7, 11) is 1.58. The lowest BCUT2D eigenvalue weighted by atomic mass is 10.1. The number of fused-ring (bicyclic) bond motifs is 3. The van der Waals surface area contributed by atoms with E-state index in [0.29, 0.717) is 22.8 Å². The molecule has 0 saturated heterocycles. The minimum atomic E-state index is -0.674. The van der Waals surface area contributed by atoms with E-state index in [2.05, 4.69) is 5.32 Å². The summed E-state index contributed by atoms with van der Waals surface area (Å²) < 4.78 is 17.3. The summed E-state index contributed by atoms with van der Waals surface area (Å²) in [4.78, 5) is 12.8. The molecule has 0 fully saturated rings. The predicted octanol–water partition coefficient (Wildman–Crippen LogP) is 5.62. The Bertz CT molecular complexity index is 1210. The summed E-state index contributed by atoms with van der Waals surface area (Å²) in [6.07, 6.45) is -0.674. The van der Waals surface area contributed by atoms with Gasteiger partial charge in [0.2, 0.25) is 0 Å². The molecule has 0 bridgehead atoms.